The molecule has 3 aromatic heterocycles. The number of fused-ring (bicyclic) bond motifs is 5. The summed E-state index contributed by atoms with van der Waals surface area (Å²) in [6.07, 6.45) is 1.08. The molecule has 1 aromatic carbocycles. The van der Waals surface area contributed by atoms with Crippen LogP contribution in [0.3, 0.4) is 0 Å². The van der Waals surface area contributed by atoms with Crippen molar-refractivity contribution >= 4 is 39.4 Å². The SMILES string of the molecule is CN.CNC(=O)c1cc2ccc(N3CCCN(C)CC3)nc2n2c1nc1ccc(C#N)cc12. The number of nitrogens with two attached hydrogens (primary N) is 1. The number of nitrogens with zero attached hydrogens (tertiary/aromatic N) is 6. The first kappa shape index (κ1) is 22.5. The molecule has 33 heavy (non-hydrogen) atoms. The number of amides is 1. The Morgan fingerprint density at radius 2 is 1.88 bits per heavy atom. The molecule has 1 amide bonds. The van der Waals surface area contributed by atoms with E-state index in [1.807, 2.05) is 28.7 Å². The van der Waals surface area contributed by atoms with E-state index in [0.29, 0.717) is 16.8 Å². The topological polar surface area (TPSA) is 116 Å². The summed E-state index contributed by atoms with van der Waals surface area (Å²) in [6, 6.07) is 13.4. The van der Waals surface area contributed by atoms with Gasteiger partial charge in [0.2, 0.25) is 0 Å². The minimum absolute atomic E-state index is 0.206. The molecule has 0 atom stereocenters. The maximum Gasteiger partial charge on any atom is 0.254 e. The van der Waals surface area contributed by atoms with Crippen molar-refractivity contribution in [3.63, 3.8) is 0 Å². The van der Waals surface area contributed by atoms with E-state index in [1.54, 1.807) is 19.2 Å². The number of carbonyl (C=O) groups excluding carboxylic acids is 1. The third kappa shape index (κ3) is 4.06. The van der Waals surface area contributed by atoms with Gasteiger partial charge in [-0.05, 0) is 63.5 Å². The summed E-state index contributed by atoms with van der Waals surface area (Å²) in [5, 5.41) is 12.9. The largest absolute Gasteiger partial charge is 0.355 e. The number of anilines is 1. The lowest BCUT2D eigenvalue weighted by Gasteiger charge is -2.22. The quantitative estimate of drug-likeness (QED) is 0.486. The number of imidazole rings is 1. The molecule has 0 saturated carbocycles. The van der Waals surface area contributed by atoms with Crippen LogP contribution in [0.5, 0.6) is 0 Å². The van der Waals surface area contributed by atoms with Crippen LogP contribution in [0.1, 0.15) is 22.3 Å². The second-order valence-corrected chi connectivity index (χ2v) is 7.95. The normalized spacial score (nSPS) is 14.6. The fourth-order valence-electron chi connectivity index (χ4n) is 4.25. The summed E-state index contributed by atoms with van der Waals surface area (Å²) in [6.45, 7) is 3.93. The van der Waals surface area contributed by atoms with E-state index in [-0.39, 0.29) is 5.91 Å². The Morgan fingerprint density at radius 3 is 2.64 bits per heavy atom. The maximum absolute atomic E-state index is 12.6. The van der Waals surface area contributed by atoms with E-state index in [1.165, 1.54) is 7.05 Å². The molecule has 1 saturated heterocycles. The van der Waals surface area contributed by atoms with E-state index < -0.39 is 0 Å². The Morgan fingerprint density at radius 1 is 1.06 bits per heavy atom. The molecule has 1 aliphatic rings. The van der Waals surface area contributed by atoms with Gasteiger partial charge in [-0.1, -0.05) is 0 Å². The van der Waals surface area contributed by atoms with Crippen LogP contribution in [-0.2, 0) is 0 Å². The van der Waals surface area contributed by atoms with Crippen LogP contribution in [0.2, 0.25) is 0 Å². The van der Waals surface area contributed by atoms with Crippen molar-refractivity contribution in [2.45, 2.75) is 6.42 Å². The van der Waals surface area contributed by atoms with Gasteiger partial charge in [0.1, 0.15) is 11.5 Å². The summed E-state index contributed by atoms with van der Waals surface area (Å²) < 4.78 is 1.91. The van der Waals surface area contributed by atoms with Gasteiger partial charge in [0.15, 0.2) is 5.65 Å². The molecule has 1 fully saturated rings. The number of pyridine rings is 2. The second kappa shape index (κ2) is 9.40. The van der Waals surface area contributed by atoms with Crippen molar-refractivity contribution in [1.82, 2.24) is 24.6 Å². The first-order valence-corrected chi connectivity index (χ1v) is 11.0. The lowest BCUT2D eigenvalue weighted by atomic mass is 10.1. The van der Waals surface area contributed by atoms with Gasteiger partial charge in [0.05, 0.1) is 28.2 Å². The van der Waals surface area contributed by atoms with Crippen LogP contribution in [-0.4, -0.2) is 72.5 Å². The molecule has 0 bridgehead atoms. The first-order chi connectivity index (χ1) is 16.1. The van der Waals surface area contributed by atoms with E-state index in [2.05, 4.69) is 34.0 Å². The molecule has 9 nitrogen and oxygen atoms in total. The summed E-state index contributed by atoms with van der Waals surface area (Å²) in [5.74, 6) is 0.706. The van der Waals surface area contributed by atoms with Crippen LogP contribution < -0.4 is 16.0 Å². The van der Waals surface area contributed by atoms with Crippen LogP contribution in [0.4, 0.5) is 5.82 Å². The molecule has 9 heteroatoms. The van der Waals surface area contributed by atoms with Gasteiger partial charge in [-0.3, -0.25) is 9.20 Å². The maximum atomic E-state index is 12.6. The van der Waals surface area contributed by atoms with E-state index in [4.69, 9.17) is 9.97 Å². The van der Waals surface area contributed by atoms with Crippen molar-refractivity contribution in [2.75, 3.05) is 52.2 Å². The van der Waals surface area contributed by atoms with Gasteiger partial charge in [-0.2, -0.15) is 5.26 Å². The highest BCUT2D eigenvalue weighted by molar-refractivity contribution is 6.05. The number of nitriles is 1. The van der Waals surface area contributed by atoms with Gasteiger partial charge in [-0.25, -0.2) is 9.97 Å². The minimum atomic E-state index is -0.206. The third-order valence-corrected chi connectivity index (χ3v) is 5.94. The van der Waals surface area contributed by atoms with Gasteiger partial charge in [0.25, 0.3) is 5.91 Å². The van der Waals surface area contributed by atoms with Gasteiger partial charge < -0.3 is 20.9 Å². The molecule has 0 unspecified atom stereocenters. The van der Waals surface area contributed by atoms with Crippen LogP contribution in [0, 0.1) is 11.3 Å². The zero-order valence-electron chi connectivity index (χ0n) is 19.2. The standard InChI is InChI=1S/C23H23N7O.CH5N/c1-25-23(31)17-13-16-5-7-20(29-9-3-8-28(2)10-11-29)27-21(16)30-19-12-15(14-24)4-6-18(19)26-22(17)30;1-2/h4-7,12-13H,3,8-11H2,1-2H3,(H,25,31);2H2,1H3. The lowest BCUT2D eigenvalue weighted by Crippen LogP contribution is -2.29. The van der Waals surface area contributed by atoms with Crippen molar-refractivity contribution in [3.05, 3.63) is 47.5 Å². The highest BCUT2D eigenvalue weighted by atomic mass is 16.1. The van der Waals surface area contributed by atoms with Crippen LogP contribution in [0.25, 0.3) is 27.7 Å². The van der Waals surface area contributed by atoms with Gasteiger partial charge >= 0.3 is 0 Å². The highest BCUT2D eigenvalue weighted by Gasteiger charge is 2.20. The molecule has 0 aliphatic carbocycles. The zero-order chi connectivity index (χ0) is 23.5. The molecule has 3 N–H and O–H groups in total. The molecule has 1 aliphatic heterocycles. The predicted molar refractivity (Wildman–Crippen MR) is 131 cm³/mol. The minimum Gasteiger partial charge on any atom is -0.355 e. The average molecular weight is 445 g/mol. The third-order valence-electron chi connectivity index (χ3n) is 5.94. The molecule has 0 radical (unpaired) electrons. The number of benzene rings is 1. The highest BCUT2D eigenvalue weighted by Crippen LogP contribution is 2.28. The van der Waals surface area contributed by atoms with Crippen molar-refractivity contribution in [3.8, 4) is 6.07 Å². The number of nitrogens with one attached hydrogen (secondary N) is 1. The summed E-state index contributed by atoms with van der Waals surface area (Å²) >= 11 is 0. The first-order valence-electron chi connectivity index (χ1n) is 11.0. The Balaban J connectivity index is 0.00000126. The number of rotatable bonds is 2. The van der Waals surface area contributed by atoms with Crippen molar-refractivity contribution in [2.24, 2.45) is 5.73 Å². The Kier molecular flexibility index (Phi) is 6.40. The lowest BCUT2D eigenvalue weighted by molar-refractivity contribution is 0.0964. The average Bonchev–Trinajstić information content (AvgIpc) is 3.11. The second-order valence-electron chi connectivity index (χ2n) is 7.95. The van der Waals surface area contributed by atoms with Crippen LogP contribution >= 0.6 is 0 Å². The fourth-order valence-corrected chi connectivity index (χ4v) is 4.25. The number of hydrogen-bond donors (Lipinski definition) is 2. The molecule has 5 rings (SSSR count). The zero-order valence-corrected chi connectivity index (χ0v) is 19.2. The molecular weight excluding hydrogens is 416 g/mol. The summed E-state index contributed by atoms with van der Waals surface area (Å²) in [4.78, 5) is 27.0. The van der Waals surface area contributed by atoms with E-state index in [9.17, 15) is 10.1 Å². The van der Waals surface area contributed by atoms with Gasteiger partial charge in [0, 0.05) is 32.1 Å². The number of likely N-dealkylation sites (N-methyl/N-ethyl adjacent to an activating group) is 1. The Hall–Kier alpha value is -3.74. The smallest absolute Gasteiger partial charge is 0.254 e. The van der Waals surface area contributed by atoms with Crippen molar-refractivity contribution < 1.29 is 4.79 Å². The predicted octanol–water partition coefficient (Wildman–Crippen LogP) is 1.98. The van der Waals surface area contributed by atoms with E-state index >= 15 is 0 Å². The fraction of sp³-hybridized carbons (Fsp3) is 0.333. The molecule has 0 spiro atoms. The molecule has 4 heterocycles. The number of aromatic nitrogens is 3. The number of hydrogen-bond acceptors (Lipinski definition) is 7. The van der Waals surface area contributed by atoms with Gasteiger partial charge in [-0.15, -0.1) is 0 Å². The summed E-state index contributed by atoms with van der Waals surface area (Å²) in [5.41, 5.74) is 8.29. The van der Waals surface area contributed by atoms with Crippen LogP contribution in [0.15, 0.2) is 36.4 Å². The Bertz CT molecular complexity index is 1370. The molecule has 170 valence electrons. The summed E-state index contributed by atoms with van der Waals surface area (Å²) in [7, 11) is 5.25. The van der Waals surface area contributed by atoms with E-state index in [0.717, 1.165) is 60.5 Å². The van der Waals surface area contributed by atoms with Crippen molar-refractivity contribution in [1.29, 1.82) is 5.26 Å². The monoisotopic (exact) mass is 444 g/mol. The Labute approximate surface area is 192 Å². The molecular formula is C24H28N8O. The molecule has 4 aromatic rings. The number of carbonyl (C=O) groups is 1.